The Morgan fingerprint density at radius 3 is 2.23 bits per heavy atom. The van der Waals surface area contributed by atoms with Crippen LogP contribution >= 0.6 is 0 Å². The maximum absolute atomic E-state index is 12.8. The van der Waals surface area contributed by atoms with Crippen molar-refractivity contribution < 1.29 is 18.0 Å². The zero-order chi connectivity index (χ0) is 19.7. The van der Waals surface area contributed by atoms with E-state index in [1.807, 2.05) is 26.8 Å². The number of likely N-dealkylation sites (tertiary alicyclic amines) is 1. The lowest BCUT2D eigenvalue weighted by Crippen LogP contribution is -2.43. The Kier molecular flexibility index (Phi) is 5.80. The van der Waals surface area contributed by atoms with Gasteiger partial charge in [-0.05, 0) is 42.4 Å². The minimum absolute atomic E-state index is 0.0221. The van der Waals surface area contributed by atoms with Crippen molar-refractivity contribution in [2.45, 2.75) is 57.8 Å². The van der Waals surface area contributed by atoms with E-state index >= 15 is 0 Å². The number of nitrogens with one attached hydrogen (secondary N) is 1. The van der Waals surface area contributed by atoms with Crippen molar-refractivity contribution in [1.29, 1.82) is 0 Å². The lowest BCUT2D eigenvalue weighted by Gasteiger charge is -2.30. The molecule has 1 aromatic rings. The smallest absolute Gasteiger partial charge is 0.264 e. The number of nitrogens with zero attached hydrogens (tertiary/aromatic N) is 1. The van der Waals surface area contributed by atoms with E-state index in [4.69, 9.17) is 0 Å². The molecule has 1 fully saturated rings. The highest BCUT2D eigenvalue weighted by molar-refractivity contribution is 7.90. The Hall–Kier alpha value is -1.89. The molecule has 6 nitrogen and oxygen atoms in total. The maximum Gasteiger partial charge on any atom is 0.264 e. The fourth-order valence-corrected chi connectivity index (χ4v) is 4.40. The Labute approximate surface area is 156 Å². The van der Waals surface area contributed by atoms with Gasteiger partial charge in [0.2, 0.25) is 11.8 Å². The molecule has 1 heterocycles. The lowest BCUT2D eigenvalue weighted by atomic mass is 9.87. The normalized spacial score (nSPS) is 16.4. The number of piperidine rings is 1. The third-order valence-corrected chi connectivity index (χ3v) is 6.38. The quantitative estimate of drug-likeness (QED) is 0.872. The van der Waals surface area contributed by atoms with Crippen molar-refractivity contribution in [3.05, 3.63) is 29.3 Å². The summed E-state index contributed by atoms with van der Waals surface area (Å²) in [5, 5.41) is 0. The van der Waals surface area contributed by atoms with Gasteiger partial charge in [-0.3, -0.25) is 9.59 Å². The third kappa shape index (κ3) is 4.63. The Balaban J connectivity index is 2.16. The molecule has 0 bridgehead atoms. The first kappa shape index (κ1) is 20.4. The zero-order valence-electron chi connectivity index (χ0n) is 16.1. The lowest BCUT2D eigenvalue weighted by molar-refractivity contribution is -0.133. The monoisotopic (exact) mass is 380 g/mol. The van der Waals surface area contributed by atoms with Crippen LogP contribution in [-0.2, 0) is 25.0 Å². The summed E-state index contributed by atoms with van der Waals surface area (Å²) in [7, 11) is -3.93. The second-order valence-electron chi connectivity index (χ2n) is 7.98. The summed E-state index contributed by atoms with van der Waals surface area (Å²) >= 11 is 0. The molecule has 2 rings (SSSR count). The molecule has 1 saturated heterocycles. The molecule has 0 saturated carbocycles. The molecule has 1 N–H and O–H groups in total. The van der Waals surface area contributed by atoms with Gasteiger partial charge in [0, 0.05) is 25.9 Å². The number of carbonyl (C=O) groups is 2. The van der Waals surface area contributed by atoms with Gasteiger partial charge in [-0.25, -0.2) is 13.1 Å². The van der Waals surface area contributed by atoms with Crippen LogP contribution in [0.4, 0.5) is 0 Å². The molecule has 0 unspecified atom stereocenters. The first-order valence-corrected chi connectivity index (χ1v) is 10.3. The molecule has 2 amide bonds. The van der Waals surface area contributed by atoms with Crippen molar-refractivity contribution in [3.8, 4) is 0 Å². The van der Waals surface area contributed by atoms with Crippen molar-refractivity contribution in [3.63, 3.8) is 0 Å². The number of amides is 2. The van der Waals surface area contributed by atoms with Crippen molar-refractivity contribution in [1.82, 2.24) is 9.62 Å². The molecule has 0 aliphatic carbocycles. The average molecular weight is 381 g/mol. The van der Waals surface area contributed by atoms with Gasteiger partial charge >= 0.3 is 0 Å². The van der Waals surface area contributed by atoms with Crippen LogP contribution in [0.3, 0.4) is 0 Å². The third-order valence-electron chi connectivity index (χ3n) is 4.89. The van der Waals surface area contributed by atoms with Gasteiger partial charge < -0.3 is 4.90 Å². The van der Waals surface area contributed by atoms with Gasteiger partial charge in [-0.15, -0.1) is 0 Å². The van der Waals surface area contributed by atoms with Crippen molar-refractivity contribution in [2.24, 2.45) is 5.92 Å². The highest BCUT2D eigenvalue weighted by Crippen LogP contribution is 2.27. The standard InChI is InChI=1S/C19H28N2O4S/c1-13-6-7-16(19(3,4)5)12-17(13)26(24,25)20-18(23)15-8-10-21(11-9-15)14(2)22/h6-7,12,15H,8-11H2,1-5H3,(H,20,23). The number of aryl methyl sites for hydroxylation is 1. The van der Waals surface area contributed by atoms with Crippen LogP contribution < -0.4 is 4.72 Å². The molecule has 26 heavy (non-hydrogen) atoms. The number of hydrogen-bond acceptors (Lipinski definition) is 4. The minimum atomic E-state index is -3.93. The highest BCUT2D eigenvalue weighted by Gasteiger charge is 2.30. The number of carbonyl (C=O) groups excluding carboxylic acids is 2. The fourth-order valence-electron chi connectivity index (χ4n) is 3.08. The molecule has 1 aromatic carbocycles. The SMILES string of the molecule is CC(=O)N1CCC(C(=O)NS(=O)(=O)c2cc(C(C)(C)C)ccc2C)CC1. The second kappa shape index (κ2) is 7.39. The molecule has 0 aromatic heterocycles. The first-order chi connectivity index (χ1) is 11.9. The topological polar surface area (TPSA) is 83.6 Å². The summed E-state index contributed by atoms with van der Waals surface area (Å²) in [5.41, 5.74) is 1.30. The van der Waals surface area contributed by atoms with E-state index in [9.17, 15) is 18.0 Å². The highest BCUT2D eigenvalue weighted by atomic mass is 32.2. The molecule has 0 atom stereocenters. The van der Waals surface area contributed by atoms with E-state index in [1.54, 1.807) is 24.0 Å². The largest absolute Gasteiger partial charge is 0.343 e. The number of benzene rings is 1. The van der Waals surface area contributed by atoms with Crippen LogP contribution in [0.1, 0.15) is 51.7 Å². The van der Waals surface area contributed by atoms with Gasteiger partial charge in [0.05, 0.1) is 4.90 Å². The summed E-state index contributed by atoms with van der Waals surface area (Å²) in [6.07, 6.45) is 0.948. The van der Waals surface area contributed by atoms with Gasteiger partial charge in [0.1, 0.15) is 0 Å². The molecular formula is C19H28N2O4S. The van der Waals surface area contributed by atoms with Gasteiger partial charge in [-0.2, -0.15) is 0 Å². The molecule has 1 aliphatic rings. The Bertz CT molecular complexity index is 801. The number of sulfonamides is 1. The number of hydrogen-bond donors (Lipinski definition) is 1. The second-order valence-corrected chi connectivity index (χ2v) is 9.63. The van der Waals surface area contributed by atoms with E-state index < -0.39 is 21.8 Å². The number of rotatable bonds is 3. The Morgan fingerprint density at radius 1 is 1.15 bits per heavy atom. The van der Waals surface area contributed by atoms with Gasteiger partial charge in [0.15, 0.2) is 0 Å². The minimum Gasteiger partial charge on any atom is -0.343 e. The first-order valence-electron chi connectivity index (χ1n) is 8.85. The molecule has 7 heteroatoms. The van der Waals surface area contributed by atoms with E-state index in [0.717, 1.165) is 5.56 Å². The predicted octanol–water partition coefficient (Wildman–Crippen LogP) is 2.36. The summed E-state index contributed by atoms with van der Waals surface area (Å²) in [5.74, 6) is -0.911. The van der Waals surface area contributed by atoms with Crippen molar-refractivity contribution in [2.75, 3.05) is 13.1 Å². The van der Waals surface area contributed by atoms with Crippen LogP contribution in [-0.4, -0.2) is 38.2 Å². The van der Waals surface area contributed by atoms with Crippen LogP contribution in [0, 0.1) is 12.8 Å². The zero-order valence-corrected chi connectivity index (χ0v) is 16.9. The molecule has 0 spiro atoms. The van der Waals surface area contributed by atoms with E-state index in [-0.39, 0.29) is 16.2 Å². The summed E-state index contributed by atoms with van der Waals surface area (Å²) in [6, 6.07) is 5.32. The van der Waals surface area contributed by atoms with Gasteiger partial charge in [-0.1, -0.05) is 32.9 Å². The average Bonchev–Trinajstić information content (AvgIpc) is 2.53. The molecular weight excluding hydrogens is 352 g/mol. The van der Waals surface area contributed by atoms with Crippen LogP contribution in [0.15, 0.2) is 23.1 Å². The Morgan fingerprint density at radius 2 is 1.73 bits per heavy atom. The van der Waals surface area contributed by atoms with E-state index in [1.165, 1.54) is 6.92 Å². The van der Waals surface area contributed by atoms with Gasteiger partial charge in [0.25, 0.3) is 10.0 Å². The predicted molar refractivity (Wildman–Crippen MR) is 100 cm³/mol. The molecule has 0 radical (unpaired) electrons. The van der Waals surface area contributed by atoms with Crippen LogP contribution in [0.5, 0.6) is 0 Å². The van der Waals surface area contributed by atoms with Crippen LogP contribution in [0.25, 0.3) is 0 Å². The molecule has 1 aliphatic heterocycles. The van der Waals surface area contributed by atoms with Crippen molar-refractivity contribution >= 4 is 21.8 Å². The summed E-state index contributed by atoms with van der Waals surface area (Å²) < 4.78 is 27.8. The summed E-state index contributed by atoms with van der Waals surface area (Å²) in [6.45, 7) is 10.2. The maximum atomic E-state index is 12.8. The van der Waals surface area contributed by atoms with Crippen LogP contribution in [0.2, 0.25) is 0 Å². The van der Waals surface area contributed by atoms with E-state index in [2.05, 4.69) is 4.72 Å². The summed E-state index contributed by atoms with van der Waals surface area (Å²) in [4.78, 5) is 25.6. The molecule has 144 valence electrons. The van der Waals surface area contributed by atoms with E-state index in [0.29, 0.717) is 31.5 Å². The fraction of sp³-hybridized carbons (Fsp3) is 0.579.